The van der Waals surface area contributed by atoms with Crippen molar-refractivity contribution in [3.05, 3.63) is 12.2 Å². The highest BCUT2D eigenvalue weighted by Crippen LogP contribution is 2.24. The van der Waals surface area contributed by atoms with Crippen molar-refractivity contribution in [2.24, 2.45) is 0 Å². The Morgan fingerprint density at radius 1 is 1.32 bits per heavy atom. The molecule has 3 atom stereocenters. The van der Waals surface area contributed by atoms with Gasteiger partial charge in [-0.25, -0.2) is 0 Å². The van der Waals surface area contributed by atoms with E-state index in [2.05, 4.69) is 27.7 Å². The van der Waals surface area contributed by atoms with E-state index in [9.17, 15) is 9.90 Å². The number of carbonyl (C=O) groups is 1. The Bertz CT molecular complexity index is 373. The largest absolute Gasteiger partial charge is 0.391 e. The van der Waals surface area contributed by atoms with Crippen LogP contribution in [-0.4, -0.2) is 60.3 Å². The Morgan fingerprint density at radius 3 is 2.95 bits per heavy atom. The maximum Gasteiger partial charge on any atom is 0.221 e. The highest BCUT2D eigenvalue weighted by molar-refractivity contribution is 5.76. The zero-order chi connectivity index (χ0) is 15.8. The van der Waals surface area contributed by atoms with Crippen molar-refractivity contribution in [2.75, 3.05) is 26.2 Å². The van der Waals surface area contributed by atoms with E-state index in [0.717, 1.165) is 58.3 Å². The lowest BCUT2D eigenvalue weighted by Crippen LogP contribution is -2.51. The van der Waals surface area contributed by atoms with Crippen LogP contribution in [-0.2, 0) is 4.79 Å². The quantitative estimate of drug-likeness (QED) is 0.667. The maximum atomic E-state index is 12.1. The van der Waals surface area contributed by atoms with Crippen molar-refractivity contribution in [3.63, 3.8) is 0 Å². The molecule has 0 spiro atoms. The van der Waals surface area contributed by atoms with Crippen LogP contribution < -0.4 is 10.6 Å². The molecule has 3 N–H and O–H groups in total. The summed E-state index contributed by atoms with van der Waals surface area (Å²) in [5.74, 6) is 0.116. The SMILES string of the molecule is CC[C@@H](O)[C@H]1CC=C[C@@H]2CC(=O)NCCCNCCCCN21. The number of aliphatic hydroxyl groups excluding tert-OH is 1. The van der Waals surface area contributed by atoms with Gasteiger partial charge in [-0.2, -0.15) is 0 Å². The topological polar surface area (TPSA) is 64.6 Å². The number of carbonyl (C=O) groups excluding carboxylic acids is 1. The van der Waals surface area contributed by atoms with Gasteiger partial charge in [0, 0.05) is 25.0 Å². The number of nitrogens with one attached hydrogen (secondary N) is 2. The number of aliphatic hydroxyl groups is 1. The molecule has 2 aliphatic rings. The lowest BCUT2D eigenvalue weighted by atomic mass is 9.94. The normalized spacial score (nSPS) is 30.4. The Balaban J connectivity index is 2.06. The molecule has 2 heterocycles. The minimum Gasteiger partial charge on any atom is -0.391 e. The van der Waals surface area contributed by atoms with E-state index in [0.29, 0.717) is 6.42 Å². The first-order chi connectivity index (χ1) is 10.7. The van der Waals surface area contributed by atoms with E-state index < -0.39 is 0 Å². The Morgan fingerprint density at radius 2 is 2.14 bits per heavy atom. The van der Waals surface area contributed by atoms with Gasteiger partial charge in [-0.3, -0.25) is 9.69 Å². The second-order valence-corrected chi connectivity index (χ2v) is 6.38. The number of hydrogen-bond donors (Lipinski definition) is 3. The molecule has 126 valence electrons. The van der Waals surface area contributed by atoms with Crippen molar-refractivity contribution < 1.29 is 9.90 Å². The Kier molecular flexibility index (Phi) is 7.36. The van der Waals surface area contributed by atoms with Gasteiger partial charge in [0.05, 0.1) is 6.10 Å². The summed E-state index contributed by atoms with van der Waals surface area (Å²) >= 11 is 0. The third-order valence-corrected chi connectivity index (χ3v) is 4.72. The first-order valence-electron chi connectivity index (χ1n) is 8.80. The molecule has 1 saturated heterocycles. The van der Waals surface area contributed by atoms with E-state index in [-0.39, 0.29) is 24.1 Å². The van der Waals surface area contributed by atoms with Gasteiger partial charge in [-0.05, 0) is 51.7 Å². The zero-order valence-corrected chi connectivity index (χ0v) is 13.8. The molecule has 5 nitrogen and oxygen atoms in total. The second-order valence-electron chi connectivity index (χ2n) is 6.38. The Labute approximate surface area is 134 Å². The molecule has 2 rings (SSSR count). The fourth-order valence-electron chi connectivity index (χ4n) is 3.41. The van der Waals surface area contributed by atoms with Crippen molar-refractivity contribution in [3.8, 4) is 0 Å². The third-order valence-electron chi connectivity index (χ3n) is 4.72. The summed E-state index contributed by atoms with van der Waals surface area (Å²) in [6, 6.07) is 0.263. The lowest BCUT2D eigenvalue weighted by Gasteiger charge is -2.41. The summed E-state index contributed by atoms with van der Waals surface area (Å²) in [5, 5.41) is 16.8. The number of rotatable bonds is 2. The molecule has 0 aliphatic carbocycles. The van der Waals surface area contributed by atoms with Crippen molar-refractivity contribution in [1.82, 2.24) is 15.5 Å². The monoisotopic (exact) mass is 309 g/mol. The molecule has 1 amide bonds. The van der Waals surface area contributed by atoms with E-state index in [4.69, 9.17) is 0 Å². The number of fused-ring (bicyclic) bond motifs is 1. The van der Waals surface area contributed by atoms with Crippen LogP contribution in [0.5, 0.6) is 0 Å². The molecule has 0 aromatic heterocycles. The van der Waals surface area contributed by atoms with Gasteiger partial charge in [-0.1, -0.05) is 19.1 Å². The van der Waals surface area contributed by atoms with Gasteiger partial charge in [-0.15, -0.1) is 0 Å². The molecule has 0 radical (unpaired) electrons. The first-order valence-corrected chi connectivity index (χ1v) is 8.80. The van der Waals surface area contributed by atoms with E-state index in [1.165, 1.54) is 0 Å². The van der Waals surface area contributed by atoms with Crippen LogP contribution in [0.1, 0.15) is 45.4 Å². The summed E-state index contributed by atoms with van der Waals surface area (Å²) in [6.07, 6.45) is 9.33. The zero-order valence-electron chi connectivity index (χ0n) is 13.8. The molecule has 5 heteroatoms. The molecule has 2 aliphatic heterocycles. The second kappa shape index (κ2) is 9.28. The minimum absolute atomic E-state index is 0.116. The van der Waals surface area contributed by atoms with Gasteiger partial charge in [0.2, 0.25) is 5.91 Å². The lowest BCUT2D eigenvalue weighted by molar-refractivity contribution is -0.122. The summed E-state index contributed by atoms with van der Waals surface area (Å²) in [7, 11) is 0. The van der Waals surface area contributed by atoms with E-state index in [1.54, 1.807) is 0 Å². The minimum atomic E-state index is -0.315. The number of nitrogens with zero attached hydrogens (tertiary/aromatic N) is 1. The maximum absolute atomic E-state index is 12.1. The fraction of sp³-hybridized carbons (Fsp3) is 0.824. The van der Waals surface area contributed by atoms with Gasteiger partial charge in [0.15, 0.2) is 0 Å². The van der Waals surface area contributed by atoms with Crippen molar-refractivity contribution in [1.29, 1.82) is 0 Å². The van der Waals surface area contributed by atoms with Crippen LogP contribution in [0.3, 0.4) is 0 Å². The van der Waals surface area contributed by atoms with Gasteiger partial charge in [0.25, 0.3) is 0 Å². The van der Waals surface area contributed by atoms with Crippen LogP contribution in [0.25, 0.3) is 0 Å². The average molecular weight is 309 g/mol. The molecule has 0 saturated carbocycles. The predicted octanol–water partition coefficient (Wildman–Crippen LogP) is 1.04. The molecule has 0 aromatic carbocycles. The van der Waals surface area contributed by atoms with Crippen molar-refractivity contribution in [2.45, 2.75) is 63.6 Å². The molecule has 22 heavy (non-hydrogen) atoms. The highest BCUT2D eigenvalue weighted by Gasteiger charge is 2.32. The molecular formula is C17H31N3O2. The number of amides is 1. The summed E-state index contributed by atoms with van der Waals surface area (Å²) < 4.78 is 0. The first kappa shape index (κ1) is 17.4. The van der Waals surface area contributed by atoms with Crippen molar-refractivity contribution >= 4 is 5.91 Å². The van der Waals surface area contributed by atoms with E-state index >= 15 is 0 Å². The van der Waals surface area contributed by atoms with E-state index in [1.807, 2.05) is 6.92 Å². The molecule has 1 fully saturated rings. The average Bonchev–Trinajstić information content (AvgIpc) is 2.54. The van der Waals surface area contributed by atoms with Crippen LogP contribution in [0, 0.1) is 0 Å². The highest BCUT2D eigenvalue weighted by atomic mass is 16.3. The molecule has 0 aromatic rings. The molecule has 0 unspecified atom stereocenters. The standard InChI is InChI=1S/C17H31N3O2/c1-2-16(21)15-8-5-7-14-13-17(22)19-11-6-10-18-9-3-4-12-20(14)15/h5,7,14-16,18,21H,2-4,6,8-13H2,1H3,(H,19,22)/t14-,15-,16-/m1/s1. The number of hydrogen-bond acceptors (Lipinski definition) is 4. The van der Waals surface area contributed by atoms with Gasteiger partial charge < -0.3 is 15.7 Å². The smallest absolute Gasteiger partial charge is 0.221 e. The van der Waals surface area contributed by atoms with Crippen LogP contribution in [0.15, 0.2) is 12.2 Å². The summed E-state index contributed by atoms with van der Waals surface area (Å²) in [4.78, 5) is 14.5. The van der Waals surface area contributed by atoms with Crippen LogP contribution >= 0.6 is 0 Å². The van der Waals surface area contributed by atoms with Gasteiger partial charge in [0.1, 0.15) is 0 Å². The third kappa shape index (κ3) is 5.07. The van der Waals surface area contributed by atoms with Gasteiger partial charge >= 0.3 is 0 Å². The summed E-state index contributed by atoms with van der Waals surface area (Å²) in [5.41, 5.74) is 0. The van der Waals surface area contributed by atoms with Crippen LogP contribution in [0.2, 0.25) is 0 Å². The fourth-order valence-corrected chi connectivity index (χ4v) is 3.41. The predicted molar refractivity (Wildman–Crippen MR) is 88.7 cm³/mol. The molecular weight excluding hydrogens is 278 g/mol. The van der Waals surface area contributed by atoms with Crippen LogP contribution in [0.4, 0.5) is 0 Å². The summed E-state index contributed by atoms with van der Waals surface area (Å²) in [6.45, 7) is 5.71. The Hall–Kier alpha value is -0.910. The molecule has 0 bridgehead atoms.